The van der Waals surface area contributed by atoms with Crippen LogP contribution in [0.1, 0.15) is 58.3 Å². The molecular formula is C15H28N2O3S. The van der Waals surface area contributed by atoms with Crippen molar-refractivity contribution in [1.29, 1.82) is 0 Å². The topological polar surface area (TPSA) is 78.4 Å². The normalized spacial score (nSPS) is 29.8. The first-order valence-electron chi connectivity index (χ1n) is 8.18. The second kappa shape index (κ2) is 7.58. The lowest BCUT2D eigenvalue weighted by molar-refractivity contribution is 0.0499. The number of aliphatic hydroxyl groups is 1. The molecule has 3 atom stereocenters. The molecule has 0 radical (unpaired) electrons. The highest BCUT2D eigenvalue weighted by molar-refractivity contribution is 7.85. The van der Waals surface area contributed by atoms with Crippen LogP contribution in [0.4, 0.5) is 4.79 Å². The van der Waals surface area contributed by atoms with Gasteiger partial charge in [-0.2, -0.15) is 0 Å². The Balaban J connectivity index is 1.81. The summed E-state index contributed by atoms with van der Waals surface area (Å²) in [6.07, 6.45) is 7.57. The van der Waals surface area contributed by atoms with Gasteiger partial charge < -0.3 is 15.7 Å². The fraction of sp³-hybridized carbons (Fsp3) is 0.933. The molecule has 3 N–H and O–H groups in total. The highest BCUT2D eigenvalue weighted by atomic mass is 32.2. The maximum atomic E-state index is 12.1. The summed E-state index contributed by atoms with van der Waals surface area (Å²) in [5, 5.41) is 16.1. The molecule has 0 bridgehead atoms. The number of hydrogen-bond donors (Lipinski definition) is 3. The van der Waals surface area contributed by atoms with Gasteiger partial charge in [0.1, 0.15) is 0 Å². The molecule has 0 aliphatic heterocycles. The number of hydrogen-bond acceptors (Lipinski definition) is 3. The van der Waals surface area contributed by atoms with Crippen LogP contribution in [-0.4, -0.2) is 44.5 Å². The predicted octanol–water partition coefficient (Wildman–Crippen LogP) is 1.67. The lowest BCUT2D eigenvalue weighted by atomic mass is 9.95. The van der Waals surface area contributed by atoms with Gasteiger partial charge in [0.25, 0.3) is 0 Å². The van der Waals surface area contributed by atoms with E-state index in [0.717, 1.165) is 51.4 Å². The van der Waals surface area contributed by atoms with Crippen molar-refractivity contribution in [2.45, 2.75) is 75.2 Å². The second-order valence-electron chi connectivity index (χ2n) is 6.36. The Morgan fingerprint density at radius 1 is 1.24 bits per heavy atom. The third-order valence-corrected chi connectivity index (χ3v) is 6.56. The molecule has 0 heterocycles. The molecule has 3 unspecified atom stereocenters. The molecule has 6 heteroatoms. The number of urea groups is 1. The second-order valence-corrected chi connectivity index (χ2v) is 8.30. The Morgan fingerprint density at radius 3 is 2.57 bits per heavy atom. The summed E-state index contributed by atoms with van der Waals surface area (Å²) in [4.78, 5) is 12.0. The van der Waals surface area contributed by atoms with Crippen molar-refractivity contribution in [1.82, 2.24) is 10.6 Å². The van der Waals surface area contributed by atoms with E-state index >= 15 is 0 Å². The number of carbonyl (C=O) groups excluding carboxylic acids is 1. The molecule has 0 aromatic heterocycles. The van der Waals surface area contributed by atoms with Gasteiger partial charge in [0, 0.05) is 29.1 Å². The van der Waals surface area contributed by atoms with Crippen LogP contribution in [0.25, 0.3) is 0 Å². The van der Waals surface area contributed by atoms with Crippen LogP contribution in [0.2, 0.25) is 0 Å². The summed E-state index contributed by atoms with van der Waals surface area (Å²) in [7, 11) is -0.866. The SMILES string of the molecule is CCS(=O)C1CCCCC1NC(=O)NCC1(O)CCCC1. The Hall–Kier alpha value is -0.620. The van der Waals surface area contributed by atoms with Gasteiger partial charge in [-0.05, 0) is 25.7 Å². The molecular weight excluding hydrogens is 288 g/mol. The average molecular weight is 316 g/mol. The van der Waals surface area contributed by atoms with Crippen molar-refractivity contribution in [2.24, 2.45) is 0 Å². The van der Waals surface area contributed by atoms with E-state index in [0.29, 0.717) is 12.3 Å². The van der Waals surface area contributed by atoms with E-state index in [1.54, 1.807) is 0 Å². The highest BCUT2D eigenvalue weighted by Gasteiger charge is 2.33. The minimum atomic E-state index is -0.866. The summed E-state index contributed by atoms with van der Waals surface area (Å²) in [5.74, 6) is 0.643. The van der Waals surface area contributed by atoms with Crippen LogP contribution in [-0.2, 0) is 10.8 Å². The van der Waals surface area contributed by atoms with Crippen molar-refractivity contribution >= 4 is 16.8 Å². The van der Waals surface area contributed by atoms with E-state index in [-0.39, 0.29) is 17.3 Å². The molecule has 2 aliphatic rings. The fourth-order valence-electron chi connectivity index (χ4n) is 3.46. The Morgan fingerprint density at radius 2 is 1.90 bits per heavy atom. The Kier molecular flexibility index (Phi) is 6.05. The molecule has 2 amide bonds. The number of nitrogens with one attached hydrogen (secondary N) is 2. The van der Waals surface area contributed by atoms with Crippen molar-refractivity contribution in [3.05, 3.63) is 0 Å². The van der Waals surface area contributed by atoms with Crippen molar-refractivity contribution in [3.63, 3.8) is 0 Å². The van der Waals surface area contributed by atoms with Gasteiger partial charge in [-0.15, -0.1) is 0 Å². The predicted molar refractivity (Wildman–Crippen MR) is 84.7 cm³/mol. The summed E-state index contributed by atoms with van der Waals surface area (Å²) < 4.78 is 12.1. The van der Waals surface area contributed by atoms with Gasteiger partial charge in [0.2, 0.25) is 0 Å². The van der Waals surface area contributed by atoms with Crippen LogP contribution in [0.5, 0.6) is 0 Å². The largest absolute Gasteiger partial charge is 0.388 e. The zero-order valence-electron chi connectivity index (χ0n) is 12.9. The third kappa shape index (κ3) is 4.68. The van der Waals surface area contributed by atoms with Crippen LogP contribution in [0.15, 0.2) is 0 Å². The quantitative estimate of drug-likeness (QED) is 0.722. The first-order chi connectivity index (χ1) is 10.0. The lowest BCUT2D eigenvalue weighted by Crippen LogP contribution is -2.52. The molecule has 5 nitrogen and oxygen atoms in total. The van der Waals surface area contributed by atoms with Crippen molar-refractivity contribution in [3.8, 4) is 0 Å². The maximum Gasteiger partial charge on any atom is 0.315 e. The molecule has 0 spiro atoms. The maximum absolute atomic E-state index is 12.1. The first kappa shape index (κ1) is 16.7. The first-order valence-corrected chi connectivity index (χ1v) is 9.56. The number of amides is 2. The van der Waals surface area contributed by atoms with Gasteiger partial charge in [0.15, 0.2) is 0 Å². The van der Waals surface area contributed by atoms with Crippen LogP contribution in [0, 0.1) is 0 Å². The van der Waals surface area contributed by atoms with E-state index in [1.807, 2.05) is 6.92 Å². The van der Waals surface area contributed by atoms with E-state index in [9.17, 15) is 14.1 Å². The molecule has 0 aromatic carbocycles. The Bertz CT molecular complexity index is 383. The molecule has 21 heavy (non-hydrogen) atoms. The van der Waals surface area contributed by atoms with E-state index in [4.69, 9.17) is 0 Å². The van der Waals surface area contributed by atoms with Gasteiger partial charge in [0.05, 0.1) is 10.9 Å². The molecule has 2 fully saturated rings. The molecule has 2 aliphatic carbocycles. The summed E-state index contributed by atoms with van der Waals surface area (Å²) in [6.45, 7) is 2.24. The minimum Gasteiger partial charge on any atom is -0.388 e. The van der Waals surface area contributed by atoms with Crippen molar-refractivity contribution in [2.75, 3.05) is 12.3 Å². The van der Waals surface area contributed by atoms with Crippen molar-refractivity contribution < 1.29 is 14.1 Å². The molecule has 2 saturated carbocycles. The van der Waals surface area contributed by atoms with Gasteiger partial charge in [-0.25, -0.2) is 4.79 Å². The standard InChI is InChI=1S/C15H28N2O3S/c1-2-21(20)13-8-4-3-7-12(13)17-14(18)16-11-15(19)9-5-6-10-15/h12-13,19H,2-11H2,1H3,(H2,16,17,18). The van der Waals surface area contributed by atoms with Gasteiger partial charge in [-0.3, -0.25) is 4.21 Å². The summed E-state index contributed by atoms with van der Waals surface area (Å²) >= 11 is 0. The highest BCUT2D eigenvalue weighted by Crippen LogP contribution is 2.28. The monoisotopic (exact) mass is 316 g/mol. The van der Waals surface area contributed by atoms with E-state index in [2.05, 4.69) is 10.6 Å². The zero-order chi connectivity index (χ0) is 15.3. The average Bonchev–Trinajstić information content (AvgIpc) is 2.92. The zero-order valence-corrected chi connectivity index (χ0v) is 13.7. The van der Waals surface area contributed by atoms with Crippen LogP contribution in [0.3, 0.4) is 0 Å². The van der Waals surface area contributed by atoms with E-state index in [1.165, 1.54) is 0 Å². The molecule has 0 saturated heterocycles. The number of rotatable bonds is 5. The smallest absolute Gasteiger partial charge is 0.315 e. The molecule has 122 valence electrons. The molecule has 2 rings (SSSR count). The summed E-state index contributed by atoms with van der Waals surface area (Å²) in [5.41, 5.74) is -0.727. The minimum absolute atomic E-state index is 0.00208. The van der Waals surface area contributed by atoms with Gasteiger partial charge >= 0.3 is 6.03 Å². The molecule has 0 aromatic rings. The van der Waals surface area contributed by atoms with Gasteiger partial charge in [-0.1, -0.05) is 32.6 Å². The van der Waals surface area contributed by atoms with Crippen LogP contribution >= 0.6 is 0 Å². The lowest BCUT2D eigenvalue weighted by Gasteiger charge is -2.32. The number of carbonyl (C=O) groups is 1. The fourth-order valence-corrected chi connectivity index (χ4v) is 4.89. The Labute approximate surface area is 129 Å². The third-order valence-electron chi connectivity index (χ3n) is 4.75. The summed E-state index contributed by atoms with van der Waals surface area (Å²) in [6, 6.07) is -0.238. The van der Waals surface area contributed by atoms with E-state index < -0.39 is 16.4 Å². The van der Waals surface area contributed by atoms with Crippen LogP contribution < -0.4 is 10.6 Å².